The molecule has 0 spiro atoms. The molecule has 4 rings (SSSR count). The summed E-state index contributed by atoms with van der Waals surface area (Å²) in [5, 5.41) is 1.18. The number of carbonyl (C=O) groups excluding carboxylic acids is 1. The first-order chi connectivity index (χ1) is 12.9. The number of aryl methyl sites for hydroxylation is 2. The van der Waals surface area contributed by atoms with Gasteiger partial charge in [0.1, 0.15) is 17.0 Å². The Morgan fingerprint density at radius 1 is 1.29 bits per heavy atom. The minimum absolute atomic E-state index is 0. The van der Waals surface area contributed by atoms with E-state index >= 15 is 0 Å². The molecule has 2 aromatic rings. The minimum atomic E-state index is 0. The first kappa shape index (κ1) is 21.3. The number of thiophene rings is 1. The van der Waals surface area contributed by atoms with Crippen LogP contribution in [0.3, 0.4) is 0 Å². The van der Waals surface area contributed by atoms with Gasteiger partial charge in [0.2, 0.25) is 5.91 Å². The fourth-order valence-corrected chi connectivity index (χ4v) is 5.37. The van der Waals surface area contributed by atoms with Crippen LogP contribution in [0.5, 0.6) is 0 Å². The summed E-state index contributed by atoms with van der Waals surface area (Å²) in [7, 11) is 0. The molecule has 0 radical (unpaired) electrons. The number of fused-ring (bicyclic) bond motifs is 1. The highest BCUT2D eigenvalue weighted by Gasteiger charge is 2.38. The number of hydrogen-bond donors (Lipinski definition) is 1. The fraction of sp³-hybridized carbons (Fsp3) is 0.650. The van der Waals surface area contributed by atoms with E-state index in [0.717, 1.165) is 56.1 Å². The van der Waals surface area contributed by atoms with Gasteiger partial charge in [-0.05, 0) is 50.6 Å². The Balaban J connectivity index is 0.00000225. The predicted octanol–water partition coefficient (Wildman–Crippen LogP) is 3.14. The number of piperidine rings is 1. The van der Waals surface area contributed by atoms with Crippen molar-refractivity contribution in [2.45, 2.75) is 40.0 Å². The number of nitrogens with zero attached hydrogens (tertiary/aromatic N) is 4. The lowest BCUT2D eigenvalue weighted by atomic mass is 9.90. The van der Waals surface area contributed by atoms with Crippen LogP contribution in [-0.2, 0) is 4.79 Å². The minimum Gasteiger partial charge on any atom is -0.356 e. The van der Waals surface area contributed by atoms with E-state index in [-0.39, 0.29) is 23.7 Å². The van der Waals surface area contributed by atoms with Crippen molar-refractivity contribution < 1.29 is 4.79 Å². The van der Waals surface area contributed by atoms with E-state index < -0.39 is 0 Å². The van der Waals surface area contributed by atoms with E-state index in [4.69, 9.17) is 5.73 Å². The SMILES string of the molecule is Cc1sc2ncnc(N3CCC(C(=O)N4CCC(C)(CN)C4)CC3)c2c1C.Cl. The Morgan fingerprint density at radius 3 is 2.64 bits per heavy atom. The highest BCUT2D eigenvalue weighted by Crippen LogP contribution is 2.36. The molecule has 2 saturated heterocycles. The maximum Gasteiger partial charge on any atom is 0.225 e. The first-order valence-corrected chi connectivity index (χ1v) is 10.7. The standard InChI is InChI=1S/C20H29N5OS.ClH/c1-13-14(2)27-18-16(13)17(22-12-23-18)24-7-4-15(5-8-24)19(26)25-9-6-20(3,10-21)11-25;/h12,15H,4-11,21H2,1-3H3;1H. The Hall–Kier alpha value is -1.44. The van der Waals surface area contributed by atoms with Gasteiger partial charge in [0.25, 0.3) is 0 Å². The first-order valence-electron chi connectivity index (χ1n) is 9.86. The molecule has 28 heavy (non-hydrogen) atoms. The molecule has 2 aromatic heterocycles. The summed E-state index contributed by atoms with van der Waals surface area (Å²) in [4.78, 5) is 28.7. The molecule has 6 nitrogen and oxygen atoms in total. The Kier molecular flexibility index (Phi) is 6.17. The average Bonchev–Trinajstić information content (AvgIpc) is 3.22. The Bertz CT molecular complexity index is 864. The van der Waals surface area contributed by atoms with Gasteiger partial charge in [-0.3, -0.25) is 4.79 Å². The van der Waals surface area contributed by atoms with Crippen molar-refractivity contribution in [3.05, 3.63) is 16.8 Å². The number of hydrogen-bond acceptors (Lipinski definition) is 6. The Morgan fingerprint density at radius 2 is 2.00 bits per heavy atom. The molecule has 2 aliphatic heterocycles. The largest absolute Gasteiger partial charge is 0.356 e. The van der Waals surface area contributed by atoms with Crippen LogP contribution in [0.25, 0.3) is 10.2 Å². The van der Waals surface area contributed by atoms with Crippen LogP contribution < -0.4 is 10.6 Å². The fourth-order valence-electron chi connectivity index (χ4n) is 4.38. The zero-order chi connectivity index (χ0) is 19.2. The van der Waals surface area contributed by atoms with Crippen LogP contribution in [0, 0.1) is 25.2 Å². The highest BCUT2D eigenvalue weighted by atomic mass is 35.5. The molecule has 1 atom stereocenters. The molecular formula is C20H30ClN5OS. The second-order valence-electron chi connectivity index (χ2n) is 8.45. The average molecular weight is 424 g/mol. The second kappa shape index (κ2) is 8.13. The number of nitrogens with two attached hydrogens (primary N) is 1. The molecule has 0 bridgehead atoms. The highest BCUT2D eigenvalue weighted by molar-refractivity contribution is 7.18. The van der Waals surface area contributed by atoms with Crippen LogP contribution in [-0.4, -0.2) is 53.5 Å². The molecule has 2 N–H and O–H groups in total. The summed E-state index contributed by atoms with van der Waals surface area (Å²) in [6.45, 7) is 10.5. The van der Waals surface area contributed by atoms with E-state index in [2.05, 4.69) is 35.6 Å². The van der Waals surface area contributed by atoms with Crippen molar-refractivity contribution in [2.24, 2.45) is 17.1 Å². The van der Waals surface area contributed by atoms with Crippen molar-refractivity contribution in [1.29, 1.82) is 0 Å². The van der Waals surface area contributed by atoms with Crippen molar-refractivity contribution in [2.75, 3.05) is 37.6 Å². The van der Waals surface area contributed by atoms with Gasteiger partial charge in [0.05, 0.1) is 5.39 Å². The Labute approximate surface area is 176 Å². The van der Waals surface area contributed by atoms with Gasteiger partial charge in [-0.1, -0.05) is 6.92 Å². The predicted molar refractivity (Wildman–Crippen MR) is 117 cm³/mol. The summed E-state index contributed by atoms with van der Waals surface area (Å²) >= 11 is 1.73. The van der Waals surface area contributed by atoms with Gasteiger partial charge in [0, 0.05) is 37.0 Å². The topological polar surface area (TPSA) is 75.4 Å². The number of aromatic nitrogens is 2. The zero-order valence-electron chi connectivity index (χ0n) is 16.9. The summed E-state index contributed by atoms with van der Waals surface area (Å²) in [5.41, 5.74) is 7.27. The van der Waals surface area contributed by atoms with Gasteiger partial charge >= 0.3 is 0 Å². The van der Waals surface area contributed by atoms with Gasteiger partial charge in [-0.2, -0.15) is 0 Å². The third-order valence-corrected chi connectivity index (χ3v) is 7.57. The van der Waals surface area contributed by atoms with Gasteiger partial charge in [-0.15, -0.1) is 23.7 Å². The molecule has 1 unspecified atom stereocenters. The molecular weight excluding hydrogens is 394 g/mol. The van der Waals surface area contributed by atoms with Gasteiger partial charge in [0.15, 0.2) is 0 Å². The molecule has 0 saturated carbocycles. The number of halogens is 1. The third-order valence-electron chi connectivity index (χ3n) is 6.45. The van der Waals surface area contributed by atoms with E-state index in [9.17, 15) is 4.79 Å². The lowest BCUT2D eigenvalue weighted by Gasteiger charge is -2.34. The van der Waals surface area contributed by atoms with Gasteiger partial charge in [-0.25, -0.2) is 9.97 Å². The van der Waals surface area contributed by atoms with Crippen molar-refractivity contribution in [3.8, 4) is 0 Å². The molecule has 8 heteroatoms. The van der Waals surface area contributed by atoms with Crippen LogP contribution in [0.2, 0.25) is 0 Å². The van der Waals surface area contributed by atoms with Crippen LogP contribution >= 0.6 is 23.7 Å². The number of carbonyl (C=O) groups is 1. The quantitative estimate of drug-likeness (QED) is 0.820. The molecule has 0 aromatic carbocycles. The smallest absolute Gasteiger partial charge is 0.225 e. The lowest BCUT2D eigenvalue weighted by molar-refractivity contribution is -0.135. The third kappa shape index (κ3) is 3.72. The van der Waals surface area contributed by atoms with Gasteiger partial charge < -0.3 is 15.5 Å². The molecule has 4 heterocycles. The summed E-state index contributed by atoms with van der Waals surface area (Å²) in [5.74, 6) is 1.48. The number of likely N-dealkylation sites (tertiary alicyclic amines) is 1. The zero-order valence-corrected chi connectivity index (χ0v) is 18.5. The van der Waals surface area contributed by atoms with E-state index in [1.165, 1.54) is 15.8 Å². The molecule has 0 aliphatic carbocycles. The monoisotopic (exact) mass is 423 g/mol. The summed E-state index contributed by atoms with van der Waals surface area (Å²) in [6, 6.07) is 0. The normalized spacial score (nSPS) is 23.3. The summed E-state index contributed by atoms with van der Waals surface area (Å²) < 4.78 is 0. The summed E-state index contributed by atoms with van der Waals surface area (Å²) in [6.07, 6.45) is 4.47. The van der Waals surface area contributed by atoms with Crippen LogP contribution in [0.4, 0.5) is 5.82 Å². The lowest BCUT2D eigenvalue weighted by Crippen LogP contribution is -2.43. The van der Waals surface area contributed by atoms with Crippen LogP contribution in [0.1, 0.15) is 36.6 Å². The van der Waals surface area contributed by atoms with E-state index in [1.54, 1.807) is 17.7 Å². The number of rotatable bonds is 3. The van der Waals surface area contributed by atoms with Crippen molar-refractivity contribution >= 4 is 45.7 Å². The molecule has 154 valence electrons. The van der Waals surface area contributed by atoms with E-state index in [0.29, 0.717) is 12.5 Å². The van der Waals surface area contributed by atoms with E-state index in [1.807, 2.05) is 4.90 Å². The molecule has 2 aliphatic rings. The number of anilines is 1. The maximum atomic E-state index is 13.0. The van der Waals surface area contributed by atoms with Crippen LogP contribution in [0.15, 0.2) is 6.33 Å². The van der Waals surface area contributed by atoms with Crippen molar-refractivity contribution in [1.82, 2.24) is 14.9 Å². The molecule has 2 fully saturated rings. The van der Waals surface area contributed by atoms with Crippen molar-refractivity contribution in [3.63, 3.8) is 0 Å². The second-order valence-corrected chi connectivity index (χ2v) is 9.65. The number of amides is 1. The molecule has 1 amide bonds. The maximum absolute atomic E-state index is 13.0.